The molecule has 0 aromatic carbocycles. The number of amides is 1. The third kappa shape index (κ3) is 3.65. The van der Waals surface area contributed by atoms with Crippen molar-refractivity contribution in [1.82, 2.24) is 25.1 Å². The quantitative estimate of drug-likeness (QED) is 0.708. The SMILES string of the molecule is CSCCNC(=O)n1ccc(-c2sc(-c3cccnc3)nc2C)n1. The second-order valence-corrected chi connectivity index (χ2v) is 7.03. The van der Waals surface area contributed by atoms with Crippen LogP contribution >= 0.6 is 23.1 Å². The number of carbonyl (C=O) groups is 1. The molecule has 3 rings (SSSR count). The Bertz CT molecular complexity index is 828. The van der Waals surface area contributed by atoms with Crippen LogP contribution in [0.15, 0.2) is 36.8 Å². The molecule has 8 heteroatoms. The number of nitrogens with one attached hydrogen (secondary N) is 1. The first-order valence-electron chi connectivity index (χ1n) is 7.40. The van der Waals surface area contributed by atoms with Crippen LogP contribution in [0.4, 0.5) is 4.79 Å². The van der Waals surface area contributed by atoms with Crippen molar-refractivity contribution in [3.8, 4) is 21.1 Å². The number of pyridine rings is 1. The molecule has 0 bridgehead atoms. The third-order valence-electron chi connectivity index (χ3n) is 3.32. The van der Waals surface area contributed by atoms with Crippen LogP contribution < -0.4 is 5.32 Å². The van der Waals surface area contributed by atoms with Crippen molar-refractivity contribution in [2.24, 2.45) is 0 Å². The van der Waals surface area contributed by atoms with E-state index in [2.05, 4.69) is 20.4 Å². The summed E-state index contributed by atoms with van der Waals surface area (Å²) in [7, 11) is 0. The highest BCUT2D eigenvalue weighted by molar-refractivity contribution is 7.98. The molecule has 0 saturated carbocycles. The Hall–Kier alpha value is -2.19. The van der Waals surface area contributed by atoms with E-state index >= 15 is 0 Å². The van der Waals surface area contributed by atoms with Crippen molar-refractivity contribution >= 4 is 29.1 Å². The van der Waals surface area contributed by atoms with Crippen molar-refractivity contribution in [1.29, 1.82) is 0 Å². The predicted octanol–water partition coefficient (Wildman–Crippen LogP) is 3.30. The maximum absolute atomic E-state index is 12.0. The number of aromatic nitrogens is 4. The number of carbonyl (C=O) groups excluding carboxylic acids is 1. The summed E-state index contributed by atoms with van der Waals surface area (Å²) >= 11 is 3.24. The monoisotopic (exact) mass is 359 g/mol. The lowest BCUT2D eigenvalue weighted by molar-refractivity contribution is 0.240. The van der Waals surface area contributed by atoms with E-state index in [1.807, 2.05) is 31.4 Å². The summed E-state index contributed by atoms with van der Waals surface area (Å²) in [4.78, 5) is 21.7. The molecule has 0 saturated heterocycles. The molecule has 1 amide bonds. The number of hydrogen-bond donors (Lipinski definition) is 1. The maximum Gasteiger partial charge on any atom is 0.342 e. The second kappa shape index (κ2) is 7.59. The summed E-state index contributed by atoms with van der Waals surface area (Å²) in [6, 6.07) is 5.48. The van der Waals surface area contributed by atoms with E-state index in [4.69, 9.17) is 0 Å². The first-order valence-corrected chi connectivity index (χ1v) is 9.61. The maximum atomic E-state index is 12.0. The minimum absolute atomic E-state index is 0.218. The van der Waals surface area contributed by atoms with Gasteiger partial charge in [0, 0.05) is 36.5 Å². The van der Waals surface area contributed by atoms with Crippen molar-refractivity contribution in [2.45, 2.75) is 6.92 Å². The Morgan fingerprint density at radius 3 is 3.04 bits per heavy atom. The fourth-order valence-corrected chi connectivity index (χ4v) is 3.47. The predicted molar refractivity (Wildman–Crippen MR) is 98.5 cm³/mol. The van der Waals surface area contributed by atoms with Crippen LogP contribution in [0.5, 0.6) is 0 Å². The van der Waals surface area contributed by atoms with Gasteiger partial charge in [-0.05, 0) is 31.4 Å². The van der Waals surface area contributed by atoms with Gasteiger partial charge >= 0.3 is 6.03 Å². The van der Waals surface area contributed by atoms with E-state index in [1.54, 1.807) is 41.7 Å². The van der Waals surface area contributed by atoms with Gasteiger partial charge in [0.05, 0.1) is 10.6 Å². The molecule has 1 N–H and O–H groups in total. The van der Waals surface area contributed by atoms with Gasteiger partial charge in [-0.15, -0.1) is 11.3 Å². The van der Waals surface area contributed by atoms with Gasteiger partial charge in [-0.3, -0.25) is 4.98 Å². The Morgan fingerprint density at radius 1 is 1.42 bits per heavy atom. The van der Waals surface area contributed by atoms with Gasteiger partial charge in [0.1, 0.15) is 10.7 Å². The molecule has 0 aliphatic heterocycles. The van der Waals surface area contributed by atoms with Crippen molar-refractivity contribution in [3.05, 3.63) is 42.5 Å². The van der Waals surface area contributed by atoms with Crippen LogP contribution in [-0.2, 0) is 0 Å². The Balaban J connectivity index is 1.80. The fraction of sp³-hybridized carbons (Fsp3) is 0.250. The molecule has 24 heavy (non-hydrogen) atoms. The molecule has 0 aliphatic rings. The number of hydrogen-bond acceptors (Lipinski definition) is 6. The molecule has 3 heterocycles. The van der Waals surface area contributed by atoms with Crippen LogP contribution in [0.1, 0.15) is 5.69 Å². The Kier molecular flexibility index (Phi) is 5.27. The highest BCUT2D eigenvalue weighted by atomic mass is 32.2. The van der Waals surface area contributed by atoms with Gasteiger partial charge in [-0.25, -0.2) is 9.78 Å². The number of rotatable bonds is 5. The zero-order valence-electron chi connectivity index (χ0n) is 13.4. The van der Waals surface area contributed by atoms with Crippen LogP contribution in [0.25, 0.3) is 21.1 Å². The molecule has 3 aromatic heterocycles. The van der Waals surface area contributed by atoms with Crippen molar-refractivity contribution in [3.63, 3.8) is 0 Å². The molecule has 124 valence electrons. The van der Waals surface area contributed by atoms with E-state index in [0.717, 1.165) is 32.6 Å². The topological polar surface area (TPSA) is 72.7 Å². The van der Waals surface area contributed by atoms with E-state index in [0.29, 0.717) is 6.54 Å². The molecule has 0 spiro atoms. The molecule has 3 aromatic rings. The normalized spacial score (nSPS) is 10.8. The molecule has 0 radical (unpaired) electrons. The first kappa shape index (κ1) is 16.7. The van der Waals surface area contributed by atoms with Gasteiger partial charge in [-0.2, -0.15) is 21.5 Å². The summed E-state index contributed by atoms with van der Waals surface area (Å²) in [6.45, 7) is 2.57. The van der Waals surface area contributed by atoms with E-state index in [9.17, 15) is 4.79 Å². The number of nitrogens with zero attached hydrogens (tertiary/aromatic N) is 4. The summed E-state index contributed by atoms with van der Waals surface area (Å²) in [5, 5.41) is 8.11. The second-order valence-electron chi connectivity index (χ2n) is 5.05. The van der Waals surface area contributed by atoms with E-state index in [1.165, 1.54) is 4.68 Å². The average Bonchev–Trinajstić information content (AvgIpc) is 3.22. The molecule has 0 fully saturated rings. The minimum atomic E-state index is -0.218. The lowest BCUT2D eigenvalue weighted by Gasteiger charge is -2.02. The lowest BCUT2D eigenvalue weighted by Crippen LogP contribution is -2.30. The fourth-order valence-electron chi connectivity index (χ4n) is 2.15. The molecule has 0 unspecified atom stereocenters. The minimum Gasteiger partial charge on any atom is -0.335 e. The van der Waals surface area contributed by atoms with E-state index < -0.39 is 0 Å². The number of thioether (sulfide) groups is 1. The third-order valence-corrected chi connectivity index (χ3v) is 5.16. The first-order chi connectivity index (χ1) is 11.7. The molecule has 0 aliphatic carbocycles. The van der Waals surface area contributed by atoms with Gasteiger partial charge in [0.25, 0.3) is 0 Å². The van der Waals surface area contributed by atoms with Crippen molar-refractivity contribution in [2.75, 3.05) is 18.6 Å². The zero-order chi connectivity index (χ0) is 16.9. The van der Waals surface area contributed by atoms with Crippen molar-refractivity contribution < 1.29 is 4.79 Å². The highest BCUT2D eigenvalue weighted by Gasteiger charge is 2.15. The summed E-state index contributed by atoms with van der Waals surface area (Å²) < 4.78 is 1.33. The largest absolute Gasteiger partial charge is 0.342 e. The van der Waals surface area contributed by atoms with Crippen LogP contribution in [-0.4, -0.2) is 44.3 Å². The Labute approximate surface area is 148 Å². The Morgan fingerprint density at radius 2 is 2.29 bits per heavy atom. The van der Waals surface area contributed by atoms with Crippen LogP contribution in [0.2, 0.25) is 0 Å². The molecular weight excluding hydrogens is 342 g/mol. The standard InChI is InChI=1S/C16H17N5OS2/c1-11-14(24-15(19-11)12-4-3-6-17-10-12)13-5-8-21(20-13)16(22)18-7-9-23-2/h3-6,8,10H,7,9H2,1-2H3,(H,18,22). The average molecular weight is 359 g/mol. The number of aryl methyl sites for hydroxylation is 1. The molecule has 0 atom stereocenters. The van der Waals surface area contributed by atoms with E-state index in [-0.39, 0.29) is 6.03 Å². The zero-order valence-corrected chi connectivity index (χ0v) is 15.0. The van der Waals surface area contributed by atoms with Gasteiger partial charge in [0.15, 0.2) is 0 Å². The summed E-state index contributed by atoms with van der Waals surface area (Å²) in [5.41, 5.74) is 2.62. The van der Waals surface area contributed by atoms with Gasteiger partial charge in [0.2, 0.25) is 0 Å². The lowest BCUT2D eigenvalue weighted by atomic mass is 10.3. The number of thiazole rings is 1. The van der Waals surface area contributed by atoms with Crippen LogP contribution in [0, 0.1) is 6.92 Å². The smallest absolute Gasteiger partial charge is 0.335 e. The summed E-state index contributed by atoms with van der Waals surface area (Å²) in [6.07, 6.45) is 7.21. The van der Waals surface area contributed by atoms with Gasteiger partial charge in [-0.1, -0.05) is 0 Å². The molecule has 6 nitrogen and oxygen atoms in total. The van der Waals surface area contributed by atoms with Crippen LogP contribution in [0.3, 0.4) is 0 Å². The molecular formula is C16H17N5OS2. The van der Waals surface area contributed by atoms with Gasteiger partial charge < -0.3 is 5.32 Å². The highest BCUT2D eigenvalue weighted by Crippen LogP contribution is 2.33. The summed E-state index contributed by atoms with van der Waals surface area (Å²) in [5.74, 6) is 0.877.